The lowest BCUT2D eigenvalue weighted by Gasteiger charge is -2.13. The summed E-state index contributed by atoms with van der Waals surface area (Å²) in [5, 5.41) is 5.15. The van der Waals surface area contributed by atoms with Crippen molar-refractivity contribution < 1.29 is 14.3 Å². The molecule has 2 N–H and O–H groups in total. The summed E-state index contributed by atoms with van der Waals surface area (Å²) in [5.74, 6) is -0.303. The van der Waals surface area contributed by atoms with E-state index in [1.165, 1.54) is 64.8 Å². The molecule has 0 saturated carbocycles. The smallest absolute Gasteiger partial charge is 0.407 e. The number of carbonyl (C=O) groups excluding carboxylic acids is 2. The van der Waals surface area contributed by atoms with Gasteiger partial charge in [0.25, 0.3) is 5.91 Å². The van der Waals surface area contributed by atoms with Gasteiger partial charge in [-0.15, -0.1) is 0 Å². The van der Waals surface area contributed by atoms with E-state index in [1.54, 1.807) is 0 Å². The first-order chi connectivity index (χ1) is 11.1. The van der Waals surface area contributed by atoms with Crippen LogP contribution in [0.2, 0.25) is 0 Å². The Kier molecular flexibility index (Phi) is 14.8. The van der Waals surface area contributed by atoms with Crippen molar-refractivity contribution in [3.63, 3.8) is 0 Å². The summed E-state index contributed by atoms with van der Waals surface area (Å²) in [6.45, 7) is 3.99. The lowest BCUT2D eigenvalue weighted by atomic mass is 10.0. The Bertz CT molecular complexity index is 309. The molecule has 0 aromatic heterocycles. The third-order valence-electron chi connectivity index (χ3n) is 3.97. The van der Waals surface area contributed by atoms with Crippen molar-refractivity contribution in [2.75, 3.05) is 13.7 Å². The van der Waals surface area contributed by atoms with Crippen LogP contribution in [-0.2, 0) is 9.53 Å². The lowest BCUT2D eigenvalue weighted by molar-refractivity contribution is -0.123. The van der Waals surface area contributed by atoms with Crippen LogP contribution >= 0.6 is 0 Å². The quantitative estimate of drug-likeness (QED) is 0.471. The number of hydrogen-bond acceptors (Lipinski definition) is 3. The molecule has 0 heterocycles. The SMILES string of the molecule is CCCCCCCCCCCCC(C)NC(=O)OCC(=O)NC. The fourth-order valence-electron chi connectivity index (χ4n) is 2.46. The first-order valence-corrected chi connectivity index (χ1v) is 9.24. The number of ether oxygens (including phenoxy) is 1. The summed E-state index contributed by atoms with van der Waals surface area (Å²) in [6, 6.07) is 0.0845. The molecule has 0 rings (SSSR count). The number of unbranched alkanes of at least 4 members (excludes halogenated alkanes) is 9. The Labute approximate surface area is 141 Å². The molecule has 0 spiro atoms. The number of carbonyl (C=O) groups is 2. The van der Waals surface area contributed by atoms with Crippen molar-refractivity contribution in [3.8, 4) is 0 Å². The van der Waals surface area contributed by atoms with E-state index in [0.29, 0.717) is 0 Å². The summed E-state index contributed by atoms with van der Waals surface area (Å²) in [5.41, 5.74) is 0. The molecule has 0 bridgehead atoms. The monoisotopic (exact) mass is 328 g/mol. The molecule has 0 aliphatic rings. The molecule has 2 amide bonds. The summed E-state index contributed by atoms with van der Waals surface area (Å²) in [4.78, 5) is 22.4. The van der Waals surface area contributed by atoms with Crippen molar-refractivity contribution in [3.05, 3.63) is 0 Å². The average Bonchev–Trinajstić information content (AvgIpc) is 2.54. The molecule has 1 unspecified atom stereocenters. The number of nitrogens with one attached hydrogen (secondary N) is 2. The van der Waals surface area contributed by atoms with E-state index in [0.717, 1.165) is 12.8 Å². The predicted octanol–water partition coefficient (Wildman–Crippen LogP) is 4.16. The highest BCUT2D eigenvalue weighted by atomic mass is 16.6. The third-order valence-corrected chi connectivity index (χ3v) is 3.97. The Hall–Kier alpha value is -1.26. The second kappa shape index (κ2) is 15.6. The Balaban J connectivity index is 3.37. The molecular weight excluding hydrogens is 292 g/mol. The van der Waals surface area contributed by atoms with Crippen molar-refractivity contribution in [1.82, 2.24) is 10.6 Å². The van der Waals surface area contributed by atoms with Gasteiger partial charge in [0, 0.05) is 13.1 Å². The maximum atomic E-state index is 11.4. The zero-order valence-electron chi connectivity index (χ0n) is 15.3. The summed E-state index contributed by atoms with van der Waals surface area (Å²) in [7, 11) is 1.51. The normalized spacial score (nSPS) is 11.8. The van der Waals surface area contributed by atoms with Crippen molar-refractivity contribution in [2.24, 2.45) is 0 Å². The van der Waals surface area contributed by atoms with Crippen LogP contribution in [0.5, 0.6) is 0 Å². The van der Waals surface area contributed by atoms with Crippen LogP contribution in [0.15, 0.2) is 0 Å². The van der Waals surface area contributed by atoms with Gasteiger partial charge in [0.2, 0.25) is 0 Å². The summed E-state index contributed by atoms with van der Waals surface area (Å²) >= 11 is 0. The first-order valence-electron chi connectivity index (χ1n) is 9.24. The lowest BCUT2D eigenvalue weighted by Crippen LogP contribution is -2.35. The summed E-state index contributed by atoms with van der Waals surface area (Å²) in [6.07, 6.45) is 13.5. The number of hydrogen-bond donors (Lipinski definition) is 2. The molecule has 5 heteroatoms. The van der Waals surface area contributed by atoms with E-state index in [-0.39, 0.29) is 18.6 Å². The summed E-state index contributed by atoms with van der Waals surface area (Å²) < 4.78 is 4.80. The Morgan fingerprint density at radius 3 is 1.96 bits per heavy atom. The van der Waals surface area contributed by atoms with Crippen LogP contribution in [0.1, 0.15) is 84.5 Å². The molecule has 23 heavy (non-hydrogen) atoms. The van der Waals surface area contributed by atoms with E-state index < -0.39 is 6.09 Å². The molecule has 0 fully saturated rings. The van der Waals surface area contributed by atoms with E-state index in [1.807, 2.05) is 6.92 Å². The number of alkyl carbamates (subject to hydrolysis) is 1. The van der Waals surface area contributed by atoms with Gasteiger partial charge >= 0.3 is 6.09 Å². The van der Waals surface area contributed by atoms with E-state index in [9.17, 15) is 9.59 Å². The highest BCUT2D eigenvalue weighted by molar-refractivity contribution is 5.79. The third kappa shape index (κ3) is 15.4. The fraction of sp³-hybridized carbons (Fsp3) is 0.889. The van der Waals surface area contributed by atoms with Crippen LogP contribution in [0.4, 0.5) is 4.79 Å². The second-order valence-electron chi connectivity index (χ2n) is 6.27. The van der Waals surface area contributed by atoms with E-state index >= 15 is 0 Å². The molecule has 0 radical (unpaired) electrons. The topological polar surface area (TPSA) is 67.4 Å². The van der Waals surface area contributed by atoms with Crippen LogP contribution in [0.3, 0.4) is 0 Å². The molecule has 0 saturated heterocycles. The number of amides is 2. The largest absolute Gasteiger partial charge is 0.439 e. The van der Waals surface area contributed by atoms with Gasteiger partial charge in [0.1, 0.15) is 0 Å². The highest BCUT2D eigenvalue weighted by Gasteiger charge is 2.09. The van der Waals surface area contributed by atoms with E-state index in [4.69, 9.17) is 4.74 Å². The van der Waals surface area contributed by atoms with Gasteiger partial charge in [-0.25, -0.2) is 4.79 Å². The van der Waals surface area contributed by atoms with Gasteiger partial charge in [-0.1, -0.05) is 71.1 Å². The minimum atomic E-state index is -0.520. The van der Waals surface area contributed by atoms with Gasteiger partial charge < -0.3 is 15.4 Å². The number of rotatable bonds is 14. The van der Waals surface area contributed by atoms with Crippen molar-refractivity contribution in [1.29, 1.82) is 0 Å². The molecule has 0 aliphatic carbocycles. The zero-order valence-corrected chi connectivity index (χ0v) is 15.3. The molecule has 0 aromatic rings. The first kappa shape index (κ1) is 21.7. The number of likely N-dealkylation sites (N-methyl/N-ethyl adjacent to an activating group) is 1. The zero-order chi connectivity index (χ0) is 17.3. The molecule has 5 nitrogen and oxygen atoms in total. The second-order valence-corrected chi connectivity index (χ2v) is 6.27. The maximum absolute atomic E-state index is 11.4. The van der Waals surface area contributed by atoms with Gasteiger partial charge in [0.15, 0.2) is 6.61 Å². The predicted molar refractivity (Wildman–Crippen MR) is 94.5 cm³/mol. The van der Waals surface area contributed by atoms with Crippen LogP contribution in [0.25, 0.3) is 0 Å². The molecule has 0 aromatic carbocycles. The van der Waals surface area contributed by atoms with Crippen LogP contribution in [-0.4, -0.2) is 31.7 Å². The molecular formula is C18H36N2O3. The van der Waals surface area contributed by atoms with Crippen LogP contribution < -0.4 is 10.6 Å². The van der Waals surface area contributed by atoms with Gasteiger partial charge in [-0.3, -0.25) is 4.79 Å². The van der Waals surface area contributed by atoms with Crippen LogP contribution in [0, 0.1) is 0 Å². The average molecular weight is 328 g/mol. The van der Waals surface area contributed by atoms with Gasteiger partial charge in [-0.05, 0) is 13.3 Å². The highest BCUT2D eigenvalue weighted by Crippen LogP contribution is 2.11. The van der Waals surface area contributed by atoms with Gasteiger partial charge in [0.05, 0.1) is 0 Å². The minimum Gasteiger partial charge on any atom is -0.439 e. The van der Waals surface area contributed by atoms with Gasteiger partial charge in [-0.2, -0.15) is 0 Å². The fourth-order valence-corrected chi connectivity index (χ4v) is 2.46. The standard InChI is InChI=1S/C18H36N2O3/c1-4-5-6-7-8-9-10-11-12-13-14-16(2)20-18(22)23-15-17(21)19-3/h16H,4-15H2,1-3H3,(H,19,21)(H,20,22). The Morgan fingerprint density at radius 2 is 1.43 bits per heavy atom. The minimum absolute atomic E-state index is 0.0845. The molecule has 1 atom stereocenters. The van der Waals surface area contributed by atoms with E-state index in [2.05, 4.69) is 17.6 Å². The maximum Gasteiger partial charge on any atom is 0.407 e. The molecule has 0 aliphatic heterocycles. The van der Waals surface area contributed by atoms with Crippen molar-refractivity contribution >= 4 is 12.0 Å². The Morgan fingerprint density at radius 1 is 0.913 bits per heavy atom. The molecule has 136 valence electrons. The van der Waals surface area contributed by atoms with Crippen molar-refractivity contribution in [2.45, 2.75) is 90.5 Å².